The van der Waals surface area contributed by atoms with E-state index in [-0.39, 0.29) is 12.4 Å². The van der Waals surface area contributed by atoms with Gasteiger partial charge < -0.3 is 14.5 Å². The van der Waals surface area contributed by atoms with Crippen LogP contribution in [0.5, 0.6) is 5.88 Å². The fourth-order valence-corrected chi connectivity index (χ4v) is 2.77. The molecular weight excluding hydrogens is 371 g/mol. The van der Waals surface area contributed by atoms with Crippen molar-refractivity contribution in [2.45, 2.75) is 20.5 Å². The molecule has 0 spiro atoms. The zero-order valence-corrected chi connectivity index (χ0v) is 16.0. The summed E-state index contributed by atoms with van der Waals surface area (Å²) in [5.74, 6) is 1.61. The van der Waals surface area contributed by atoms with Crippen LogP contribution >= 0.6 is 0 Å². The highest BCUT2D eigenvalue weighted by atomic mass is 19.1. The van der Waals surface area contributed by atoms with Gasteiger partial charge in [-0.05, 0) is 44.2 Å². The highest BCUT2D eigenvalue weighted by Gasteiger charge is 2.13. The van der Waals surface area contributed by atoms with Gasteiger partial charge in [0.05, 0.1) is 0 Å². The number of anilines is 2. The molecule has 0 amide bonds. The van der Waals surface area contributed by atoms with Crippen molar-refractivity contribution in [2.24, 2.45) is 0 Å². The summed E-state index contributed by atoms with van der Waals surface area (Å²) in [4.78, 5) is 13.2. The first-order chi connectivity index (χ1) is 14.1. The van der Waals surface area contributed by atoms with Gasteiger partial charge in [0.25, 0.3) is 0 Å². The number of aryl methyl sites for hydroxylation is 2. The van der Waals surface area contributed by atoms with Gasteiger partial charge >= 0.3 is 0 Å². The quantitative estimate of drug-likeness (QED) is 0.487. The Balaban J connectivity index is 1.49. The standard InChI is InChI=1S/C22H19FN4O2/c1-14-11-20(27-22(24-14)25-18-10-6-9-17(23)12-18)28-13-19-15(2)29-21(26-19)16-7-4-3-5-8-16/h3-12H,13H2,1-2H3,(H,24,25,27). The predicted octanol–water partition coefficient (Wildman–Crippen LogP) is 5.21. The zero-order chi connectivity index (χ0) is 20.2. The molecule has 0 unspecified atom stereocenters. The molecule has 0 saturated carbocycles. The van der Waals surface area contributed by atoms with Crippen molar-refractivity contribution >= 4 is 11.6 Å². The summed E-state index contributed by atoms with van der Waals surface area (Å²) in [6.45, 7) is 3.89. The van der Waals surface area contributed by atoms with Crippen molar-refractivity contribution in [1.82, 2.24) is 15.0 Å². The maximum Gasteiger partial charge on any atom is 0.230 e. The molecule has 0 fully saturated rings. The van der Waals surface area contributed by atoms with Crippen LogP contribution in [-0.2, 0) is 6.61 Å². The van der Waals surface area contributed by atoms with Gasteiger partial charge in [-0.1, -0.05) is 24.3 Å². The van der Waals surface area contributed by atoms with E-state index in [9.17, 15) is 4.39 Å². The molecule has 1 N–H and O–H groups in total. The van der Waals surface area contributed by atoms with Crippen molar-refractivity contribution in [3.63, 3.8) is 0 Å². The molecule has 0 bridgehead atoms. The van der Waals surface area contributed by atoms with Crippen LogP contribution in [-0.4, -0.2) is 15.0 Å². The number of hydrogen-bond donors (Lipinski definition) is 1. The minimum atomic E-state index is -0.338. The fourth-order valence-electron chi connectivity index (χ4n) is 2.77. The largest absolute Gasteiger partial charge is 0.471 e. The van der Waals surface area contributed by atoms with E-state index in [4.69, 9.17) is 9.15 Å². The van der Waals surface area contributed by atoms with E-state index in [2.05, 4.69) is 20.3 Å². The van der Waals surface area contributed by atoms with Crippen LogP contribution in [0.2, 0.25) is 0 Å². The van der Waals surface area contributed by atoms with E-state index in [0.29, 0.717) is 34.9 Å². The van der Waals surface area contributed by atoms with E-state index < -0.39 is 0 Å². The second-order valence-electron chi connectivity index (χ2n) is 6.48. The van der Waals surface area contributed by atoms with Crippen LogP contribution in [0.3, 0.4) is 0 Å². The topological polar surface area (TPSA) is 73.1 Å². The third kappa shape index (κ3) is 4.57. The van der Waals surface area contributed by atoms with Gasteiger partial charge in [0, 0.05) is 23.0 Å². The van der Waals surface area contributed by atoms with E-state index in [1.54, 1.807) is 18.2 Å². The molecule has 0 saturated heterocycles. The second-order valence-corrected chi connectivity index (χ2v) is 6.48. The van der Waals surface area contributed by atoms with Crippen molar-refractivity contribution in [3.05, 3.63) is 83.6 Å². The Morgan fingerprint density at radius 2 is 1.79 bits per heavy atom. The third-order valence-corrected chi connectivity index (χ3v) is 4.18. The van der Waals surface area contributed by atoms with E-state index in [1.807, 2.05) is 44.2 Å². The summed E-state index contributed by atoms with van der Waals surface area (Å²) in [6.07, 6.45) is 0. The Kier molecular flexibility index (Phi) is 5.20. The third-order valence-electron chi connectivity index (χ3n) is 4.18. The minimum Gasteiger partial charge on any atom is -0.471 e. The Morgan fingerprint density at radius 3 is 2.59 bits per heavy atom. The van der Waals surface area contributed by atoms with Crippen LogP contribution in [0.4, 0.5) is 16.0 Å². The Morgan fingerprint density at radius 1 is 0.966 bits per heavy atom. The molecule has 2 aromatic heterocycles. The lowest BCUT2D eigenvalue weighted by Crippen LogP contribution is -2.04. The lowest BCUT2D eigenvalue weighted by molar-refractivity contribution is 0.287. The van der Waals surface area contributed by atoms with Gasteiger partial charge in [0.15, 0.2) is 0 Å². The molecular formula is C22H19FN4O2. The number of halogens is 1. The van der Waals surface area contributed by atoms with Crippen molar-refractivity contribution in [2.75, 3.05) is 5.32 Å². The smallest absolute Gasteiger partial charge is 0.230 e. The maximum absolute atomic E-state index is 13.4. The van der Waals surface area contributed by atoms with Crippen molar-refractivity contribution < 1.29 is 13.5 Å². The van der Waals surface area contributed by atoms with Crippen LogP contribution in [0.1, 0.15) is 17.1 Å². The molecule has 0 atom stereocenters. The molecule has 4 rings (SSSR count). The van der Waals surface area contributed by atoms with Gasteiger partial charge in [-0.15, -0.1) is 0 Å². The molecule has 4 aromatic rings. The molecule has 0 aliphatic heterocycles. The summed E-state index contributed by atoms with van der Waals surface area (Å²) in [6, 6.07) is 17.5. The molecule has 0 aliphatic carbocycles. The Hall–Kier alpha value is -3.74. The molecule has 0 radical (unpaired) electrons. The lowest BCUT2D eigenvalue weighted by atomic mass is 10.2. The number of ether oxygens (including phenoxy) is 1. The minimum absolute atomic E-state index is 0.206. The predicted molar refractivity (Wildman–Crippen MR) is 107 cm³/mol. The normalized spacial score (nSPS) is 10.7. The van der Waals surface area contributed by atoms with Crippen LogP contribution < -0.4 is 10.1 Å². The van der Waals surface area contributed by atoms with E-state index in [0.717, 1.165) is 11.3 Å². The van der Waals surface area contributed by atoms with Gasteiger partial charge in [0.2, 0.25) is 17.7 Å². The van der Waals surface area contributed by atoms with E-state index >= 15 is 0 Å². The number of rotatable bonds is 6. The van der Waals surface area contributed by atoms with Crippen molar-refractivity contribution in [1.29, 1.82) is 0 Å². The van der Waals surface area contributed by atoms with Gasteiger partial charge in [-0.25, -0.2) is 14.4 Å². The monoisotopic (exact) mass is 390 g/mol. The highest BCUT2D eigenvalue weighted by molar-refractivity contribution is 5.54. The maximum atomic E-state index is 13.4. The van der Waals surface area contributed by atoms with Gasteiger partial charge in [0.1, 0.15) is 23.9 Å². The van der Waals surface area contributed by atoms with Crippen LogP contribution in [0, 0.1) is 19.7 Å². The van der Waals surface area contributed by atoms with Gasteiger partial charge in [-0.2, -0.15) is 4.98 Å². The summed E-state index contributed by atoms with van der Waals surface area (Å²) in [7, 11) is 0. The first kappa shape index (κ1) is 18.6. The lowest BCUT2D eigenvalue weighted by Gasteiger charge is -2.09. The second kappa shape index (κ2) is 8.10. The number of nitrogens with one attached hydrogen (secondary N) is 1. The molecule has 6 nitrogen and oxygen atoms in total. The number of aromatic nitrogens is 3. The number of benzene rings is 2. The van der Waals surface area contributed by atoms with Gasteiger partial charge in [-0.3, -0.25) is 0 Å². The van der Waals surface area contributed by atoms with Crippen LogP contribution in [0.15, 0.2) is 65.1 Å². The Labute approximate surface area is 167 Å². The molecule has 2 heterocycles. The fraction of sp³-hybridized carbons (Fsp3) is 0.136. The zero-order valence-electron chi connectivity index (χ0n) is 16.0. The number of hydrogen-bond acceptors (Lipinski definition) is 6. The van der Waals surface area contributed by atoms with Crippen LogP contribution in [0.25, 0.3) is 11.5 Å². The summed E-state index contributed by atoms with van der Waals surface area (Å²) in [5, 5.41) is 2.98. The van der Waals surface area contributed by atoms with E-state index in [1.165, 1.54) is 12.1 Å². The molecule has 2 aromatic carbocycles. The molecule has 146 valence electrons. The molecule has 29 heavy (non-hydrogen) atoms. The Bertz CT molecular complexity index is 1130. The van der Waals surface area contributed by atoms with Crippen molar-refractivity contribution in [3.8, 4) is 17.3 Å². The average molecular weight is 390 g/mol. The average Bonchev–Trinajstić information content (AvgIpc) is 3.07. The molecule has 7 heteroatoms. The highest BCUT2D eigenvalue weighted by Crippen LogP contribution is 2.23. The summed E-state index contributed by atoms with van der Waals surface area (Å²) < 4.78 is 25.0. The first-order valence-electron chi connectivity index (χ1n) is 9.09. The molecule has 0 aliphatic rings. The summed E-state index contributed by atoms with van der Waals surface area (Å²) in [5.41, 5.74) is 2.87. The number of oxazole rings is 1. The number of nitrogens with zero attached hydrogens (tertiary/aromatic N) is 3. The SMILES string of the molecule is Cc1cc(OCc2nc(-c3ccccc3)oc2C)nc(Nc2cccc(F)c2)n1. The first-order valence-corrected chi connectivity index (χ1v) is 9.09. The summed E-state index contributed by atoms with van der Waals surface area (Å²) >= 11 is 0.